The van der Waals surface area contributed by atoms with Crippen molar-refractivity contribution < 1.29 is 25.5 Å². The van der Waals surface area contributed by atoms with Gasteiger partial charge in [-0.25, -0.2) is 9.95 Å². The molecule has 3 aromatic heterocycles. The van der Waals surface area contributed by atoms with Crippen LogP contribution in [-0.4, -0.2) is 9.97 Å². The van der Waals surface area contributed by atoms with Gasteiger partial charge in [0, 0.05) is 24.1 Å². The van der Waals surface area contributed by atoms with E-state index < -0.39 is 0 Å². The smallest absolute Gasteiger partial charge is 0.351 e. The first kappa shape index (κ1) is 19.5. The van der Waals surface area contributed by atoms with Gasteiger partial charge in [-0.3, -0.25) is 4.98 Å². The van der Waals surface area contributed by atoms with Gasteiger partial charge in [-0.15, -0.1) is 17.7 Å². The molecule has 134 valence electrons. The van der Waals surface area contributed by atoms with Crippen molar-refractivity contribution in [2.45, 2.75) is 6.42 Å². The van der Waals surface area contributed by atoms with Gasteiger partial charge in [0.1, 0.15) is 19.3 Å². The van der Waals surface area contributed by atoms with E-state index >= 15 is 0 Å². The summed E-state index contributed by atoms with van der Waals surface area (Å²) in [6.07, 6.45) is 5.81. The van der Waals surface area contributed by atoms with Crippen LogP contribution in [0, 0.1) is 17.9 Å². The summed E-state index contributed by atoms with van der Waals surface area (Å²) in [6, 6.07) is 21.4. The van der Waals surface area contributed by atoms with E-state index in [2.05, 4.69) is 34.0 Å². The van der Waals surface area contributed by atoms with Crippen molar-refractivity contribution in [3.8, 4) is 22.4 Å². The molecule has 0 N–H and O–H groups in total. The Balaban J connectivity index is 0.00000210. The Bertz CT molecular complexity index is 1030. The van der Waals surface area contributed by atoms with Crippen LogP contribution in [0.4, 0.5) is 4.39 Å². The monoisotopic (exact) mass is 552 g/mol. The molecule has 0 radical (unpaired) electrons. The van der Waals surface area contributed by atoms with Crippen molar-refractivity contribution in [3.05, 3.63) is 102 Å². The fourth-order valence-corrected chi connectivity index (χ4v) is 3.67. The van der Waals surface area contributed by atoms with Gasteiger partial charge in [-0.2, -0.15) is 17.7 Å². The Morgan fingerprint density at radius 3 is 2.56 bits per heavy atom. The molecule has 2 nitrogen and oxygen atoms in total. The molecular formula is C22H15FN2PPt+. The van der Waals surface area contributed by atoms with E-state index in [1.807, 2.05) is 30.3 Å². The first-order valence-corrected chi connectivity index (χ1v) is 9.32. The average molecular weight is 552 g/mol. The first-order chi connectivity index (χ1) is 12.8. The predicted octanol–water partition coefficient (Wildman–Crippen LogP) is 5.45. The SMILES string of the molecule is Fc1cc(Cc2cccc[pH+]2)[c-]c(-c2[c-]c(-c3ccccn3)cnc2)c1.[Pt+2]. The molecule has 0 saturated heterocycles. The molecule has 4 rings (SSSR count). The number of hydrogen-bond donors (Lipinski definition) is 0. The number of aromatic nitrogens is 2. The minimum absolute atomic E-state index is 0. The second-order valence-electron chi connectivity index (χ2n) is 5.88. The van der Waals surface area contributed by atoms with E-state index in [1.165, 1.54) is 11.4 Å². The quantitative estimate of drug-likeness (QED) is 0.315. The molecule has 0 aliphatic heterocycles. The van der Waals surface area contributed by atoms with Gasteiger partial charge in [0.25, 0.3) is 0 Å². The van der Waals surface area contributed by atoms with Gasteiger partial charge in [-0.05, 0) is 24.4 Å². The topological polar surface area (TPSA) is 25.8 Å². The number of nitrogens with zero attached hydrogens (tertiary/aromatic N) is 2. The fourth-order valence-electron chi connectivity index (χ4n) is 2.76. The Kier molecular flexibility index (Phi) is 6.61. The largest absolute Gasteiger partial charge is 2.00 e. The summed E-state index contributed by atoms with van der Waals surface area (Å²) in [5, 5.41) is 1.27. The molecular weight excluding hydrogens is 537 g/mol. The maximum atomic E-state index is 14.2. The van der Waals surface area contributed by atoms with Crippen molar-refractivity contribution in [3.63, 3.8) is 0 Å². The standard InChI is InChI=1S/C22H14FN2P.Pt/c23-20-10-16(11-21-5-2-4-8-26-21)9-17(13-20)18-12-19(15-24-14-18)22-6-1-3-7-25-22;/h1-8,10,13-15H,11H2;/q-2;+2/p+1. The van der Waals surface area contributed by atoms with Crippen LogP contribution in [0.15, 0.2) is 72.9 Å². The Morgan fingerprint density at radius 2 is 1.78 bits per heavy atom. The van der Waals surface area contributed by atoms with Gasteiger partial charge in [0.05, 0.1) is 0 Å². The molecule has 1 aromatic carbocycles. The molecule has 0 saturated carbocycles. The van der Waals surface area contributed by atoms with E-state index in [-0.39, 0.29) is 26.9 Å². The Labute approximate surface area is 173 Å². The third-order valence-corrected chi connectivity index (χ3v) is 5.02. The van der Waals surface area contributed by atoms with Gasteiger partial charge >= 0.3 is 21.1 Å². The van der Waals surface area contributed by atoms with E-state index in [0.29, 0.717) is 25.7 Å². The Morgan fingerprint density at radius 1 is 0.926 bits per heavy atom. The van der Waals surface area contributed by atoms with Crippen LogP contribution in [0.1, 0.15) is 10.9 Å². The molecule has 0 bridgehead atoms. The predicted molar refractivity (Wildman–Crippen MR) is 104 cm³/mol. The molecule has 0 fully saturated rings. The first-order valence-electron chi connectivity index (χ1n) is 8.24. The van der Waals surface area contributed by atoms with Crippen LogP contribution < -0.4 is 0 Å². The van der Waals surface area contributed by atoms with Crippen LogP contribution in [0.2, 0.25) is 0 Å². The van der Waals surface area contributed by atoms with Crippen LogP contribution in [0.3, 0.4) is 0 Å². The molecule has 0 aliphatic rings. The summed E-state index contributed by atoms with van der Waals surface area (Å²) < 4.78 is 14.2. The summed E-state index contributed by atoms with van der Waals surface area (Å²) in [6.45, 7) is 0. The number of hydrogen-bond acceptors (Lipinski definition) is 2. The summed E-state index contributed by atoms with van der Waals surface area (Å²) in [7, 11) is 0.636. The molecule has 1 atom stereocenters. The number of pyridine rings is 2. The third-order valence-electron chi connectivity index (χ3n) is 3.95. The Hall–Kier alpha value is -2.21. The number of rotatable bonds is 4. The van der Waals surface area contributed by atoms with Crippen LogP contribution in [0.25, 0.3) is 22.4 Å². The second kappa shape index (κ2) is 9.13. The number of halogens is 1. The maximum absolute atomic E-state index is 14.2. The summed E-state index contributed by atoms with van der Waals surface area (Å²) in [5.74, 6) is 1.86. The molecule has 3 heterocycles. The van der Waals surface area contributed by atoms with Crippen molar-refractivity contribution in [1.82, 2.24) is 9.97 Å². The molecule has 27 heavy (non-hydrogen) atoms. The molecule has 4 aromatic rings. The minimum Gasteiger partial charge on any atom is -0.351 e. The molecule has 0 aliphatic carbocycles. The normalized spacial score (nSPS) is 10.6. The van der Waals surface area contributed by atoms with Crippen LogP contribution >= 0.6 is 8.19 Å². The van der Waals surface area contributed by atoms with E-state index in [4.69, 9.17) is 0 Å². The van der Waals surface area contributed by atoms with Crippen LogP contribution in [0.5, 0.6) is 0 Å². The van der Waals surface area contributed by atoms with Gasteiger partial charge in [-0.1, -0.05) is 30.0 Å². The third kappa shape index (κ3) is 4.95. The molecule has 5 heteroatoms. The van der Waals surface area contributed by atoms with E-state index in [0.717, 1.165) is 16.8 Å². The number of benzene rings is 1. The summed E-state index contributed by atoms with van der Waals surface area (Å²) in [5.41, 5.74) is 3.76. The fraction of sp³-hybridized carbons (Fsp3) is 0.0455. The molecule has 0 spiro atoms. The second-order valence-corrected chi connectivity index (χ2v) is 7.14. The zero-order valence-corrected chi connectivity index (χ0v) is 17.5. The zero-order chi connectivity index (χ0) is 17.8. The van der Waals surface area contributed by atoms with Crippen molar-refractivity contribution in [2.24, 2.45) is 0 Å². The van der Waals surface area contributed by atoms with E-state index in [9.17, 15) is 4.39 Å². The average Bonchev–Trinajstić information content (AvgIpc) is 2.69. The molecule has 0 amide bonds. The van der Waals surface area contributed by atoms with Crippen LogP contribution in [-0.2, 0) is 27.5 Å². The van der Waals surface area contributed by atoms with Crippen molar-refractivity contribution >= 4 is 8.19 Å². The van der Waals surface area contributed by atoms with Gasteiger partial charge < -0.3 is 4.98 Å². The maximum Gasteiger partial charge on any atom is 2.00 e. The summed E-state index contributed by atoms with van der Waals surface area (Å²) in [4.78, 5) is 8.60. The van der Waals surface area contributed by atoms with Crippen molar-refractivity contribution in [1.29, 1.82) is 0 Å². The van der Waals surface area contributed by atoms with Gasteiger partial charge in [0.2, 0.25) is 0 Å². The van der Waals surface area contributed by atoms with E-state index in [1.54, 1.807) is 24.7 Å². The minimum atomic E-state index is -0.273. The van der Waals surface area contributed by atoms with Crippen molar-refractivity contribution in [2.75, 3.05) is 0 Å². The molecule has 1 unspecified atom stereocenters. The summed E-state index contributed by atoms with van der Waals surface area (Å²) >= 11 is 0. The zero-order valence-electron chi connectivity index (χ0n) is 14.2. The van der Waals surface area contributed by atoms with Gasteiger partial charge in [0.15, 0.2) is 0 Å².